The van der Waals surface area contributed by atoms with Gasteiger partial charge < -0.3 is 10.0 Å². The van der Waals surface area contributed by atoms with Crippen molar-refractivity contribution in [3.63, 3.8) is 0 Å². The average molecular weight is 219 g/mol. The molecule has 0 amide bonds. The van der Waals surface area contributed by atoms with Crippen molar-refractivity contribution in [2.45, 2.75) is 12.7 Å². The number of hydrogen-bond donors (Lipinski definition) is 2. The molecule has 70 valence electrons. The minimum absolute atomic E-state index is 0.304. The largest absolute Gasteiger partial charge is 0.451 e. The van der Waals surface area contributed by atoms with Gasteiger partial charge in [0, 0.05) is 0 Å². The van der Waals surface area contributed by atoms with Crippen molar-refractivity contribution in [2.75, 3.05) is 0 Å². The van der Waals surface area contributed by atoms with Gasteiger partial charge in [0.1, 0.15) is 0 Å². The average Bonchev–Trinajstić information content (AvgIpc) is 2.07. The van der Waals surface area contributed by atoms with Gasteiger partial charge in [-0.15, -0.1) is 0 Å². The molecule has 0 aliphatic heterocycles. The van der Waals surface area contributed by atoms with Crippen LogP contribution in [-0.4, -0.2) is 17.2 Å². The van der Waals surface area contributed by atoms with Gasteiger partial charge in [0.2, 0.25) is 0 Å². The van der Waals surface area contributed by atoms with Crippen LogP contribution in [0.15, 0.2) is 18.2 Å². The Morgan fingerprint density at radius 2 is 1.85 bits per heavy atom. The van der Waals surface area contributed by atoms with Crippen LogP contribution in [0.5, 0.6) is 0 Å². The Morgan fingerprint density at radius 3 is 2.38 bits per heavy atom. The Bertz CT molecular complexity index is 291. The quantitative estimate of drug-likeness (QED) is 0.763. The molecule has 0 spiro atoms. The lowest BCUT2D eigenvalue weighted by Crippen LogP contribution is -2.11. The summed E-state index contributed by atoms with van der Waals surface area (Å²) in [6.07, 6.45) is 0.881. The molecule has 0 radical (unpaired) electrons. The van der Waals surface area contributed by atoms with Crippen LogP contribution in [0.2, 0.25) is 16.4 Å². The van der Waals surface area contributed by atoms with E-state index >= 15 is 0 Å². The minimum Gasteiger partial charge on any atom is -0.427 e. The molecule has 1 rings (SSSR count). The van der Waals surface area contributed by atoms with E-state index in [4.69, 9.17) is 33.2 Å². The fourth-order valence-corrected chi connectivity index (χ4v) is 1.31. The molecular formula is C8H9BCl2O2. The summed E-state index contributed by atoms with van der Waals surface area (Å²) in [6.45, 7) is 0. The van der Waals surface area contributed by atoms with Gasteiger partial charge in [0.15, 0.2) is 0 Å². The Balaban J connectivity index is 2.63. The summed E-state index contributed by atoms with van der Waals surface area (Å²) >= 11 is 11.5. The second-order valence-corrected chi connectivity index (χ2v) is 3.58. The van der Waals surface area contributed by atoms with Crippen LogP contribution in [-0.2, 0) is 6.42 Å². The number of benzene rings is 1. The number of hydrogen-bond acceptors (Lipinski definition) is 2. The van der Waals surface area contributed by atoms with E-state index in [1.807, 2.05) is 6.07 Å². The highest BCUT2D eigenvalue weighted by atomic mass is 35.5. The molecule has 13 heavy (non-hydrogen) atoms. The van der Waals surface area contributed by atoms with Crippen LogP contribution in [0.3, 0.4) is 0 Å². The molecule has 1 aromatic rings. The van der Waals surface area contributed by atoms with E-state index < -0.39 is 7.12 Å². The van der Waals surface area contributed by atoms with Crippen molar-refractivity contribution in [2.24, 2.45) is 0 Å². The molecule has 5 heteroatoms. The fourth-order valence-electron chi connectivity index (χ4n) is 0.991. The molecule has 2 N–H and O–H groups in total. The summed E-state index contributed by atoms with van der Waals surface area (Å²) < 4.78 is 0. The van der Waals surface area contributed by atoms with Crippen molar-refractivity contribution in [1.82, 2.24) is 0 Å². The normalized spacial score (nSPS) is 10.2. The summed E-state index contributed by atoms with van der Waals surface area (Å²) in [4.78, 5) is 0. The van der Waals surface area contributed by atoms with Crippen LogP contribution >= 0.6 is 23.2 Å². The first kappa shape index (κ1) is 10.9. The molecule has 0 aromatic heterocycles. The Kier molecular flexibility index (Phi) is 4.07. The summed E-state index contributed by atoms with van der Waals surface area (Å²) in [7, 11) is -1.27. The van der Waals surface area contributed by atoms with E-state index in [1.54, 1.807) is 12.1 Å². The first-order valence-corrected chi connectivity index (χ1v) is 4.65. The van der Waals surface area contributed by atoms with E-state index in [0.29, 0.717) is 22.8 Å². The highest BCUT2D eigenvalue weighted by molar-refractivity contribution is 6.42. The zero-order valence-corrected chi connectivity index (χ0v) is 8.39. The molecule has 1 aromatic carbocycles. The molecule has 2 nitrogen and oxygen atoms in total. The van der Waals surface area contributed by atoms with Crippen molar-refractivity contribution in [1.29, 1.82) is 0 Å². The second-order valence-electron chi connectivity index (χ2n) is 2.77. The van der Waals surface area contributed by atoms with Crippen molar-refractivity contribution >= 4 is 30.3 Å². The molecule has 0 fully saturated rings. The molecule has 0 aliphatic rings. The highest BCUT2D eigenvalue weighted by Crippen LogP contribution is 2.23. The van der Waals surface area contributed by atoms with Crippen molar-refractivity contribution in [3.05, 3.63) is 33.8 Å². The number of rotatable bonds is 3. The Labute approximate surface area is 87.2 Å². The van der Waals surface area contributed by atoms with Crippen LogP contribution < -0.4 is 0 Å². The maximum atomic E-state index is 8.63. The summed E-state index contributed by atoms with van der Waals surface area (Å²) in [5.41, 5.74) is 0.947. The Hall–Kier alpha value is -0.215. The van der Waals surface area contributed by atoms with Gasteiger partial charge in [-0.05, 0) is 30.4 Å². The predicted molar refractivity (Wildman–Crippen MR) is 55.2 cm³/mol. The lowest BCUT2D eigenvalue weighted by Gasteiger charge is -2.02. The van der Waals surface area contributed by atoms with Crippen molar-refractivity contribution < 1.29 is 10.0 Å². The first-order chi connectivity index (χ1) is 6.09. The van der Waals surface area contributed by atoms with Crippen LogP contribution in [0.25, 0.3) is 0 Å². The second kappa shape index (κ2) is 4.87. The Morgan fingerprint density at radius 1 is 1.15 bits per heavy atom. The molecule has 0 aliphatic carbocycles. The van der Waals surface area contributed by atoms with Crippen LogP contribution in [0.4, 0.5) is 0 Å². The zero-order chi connectivity index (χ0) is 9.84. The fraction of sp³-hybridized carbons (Fsp3) is 0.250. The van der Waals surface area contributed by atoms with Gasteiger partial charge in [-0.2, -0.15) is 0 Å². The van der Waals surface area contributed by atoms with Crippen molar-refractivity contribution in [3.8, 4) is 0 Å². The molecular weight excluding hydrogens is 210 g/mol. The SMILES string of the molecule is OB(O)CCc1ccc(Cl)c(Cl)c1. The maximum absolute atomic E-state index is 8.63. The molecule has 0 saturated carbocycles. The molecule has 0 unspecified atom stereocenters. The minimum atomic E-state index is -1.27. The van der Waals surface area contributed by atoms with Crippen LogP contribution in [0.1, 0.15) is 5.56 Å². The molecule has 0 heterocycles. The summed E-state index contributed by atoms with van der Waals surface area (Å²) in [6, 6.07) is 5.24. The van der Waals surface area contributed by atoms with Gasteiger partial charge in [0.05, 0.1) is 10.0 Å². The van der Waals surface area contributed by atoms with Gasteiger partial charge in [-0.1, -0.05) is 29.3 Å². The van der Waals surface area contributed by atoms with E-state index in [9.17, 15) is 0 Å². The molecule has 0 atom stereocenters. The number of aryl methyl sites for hydroxylation is 1. The summed E-state index contributed by atoms with van der Waals surface area (Å²) in [5, 5.41) is 18.3. The van der Waals surface area contributed by atoms with Gasteiger partial charge in [0.25, 0.3) is 0 Å². The van der Waals surface area contributed by atoms with E-state index in [0.717, 1.165) is 5.56 Å². The lowest BCUT2D eigenvalue weighted by molar-refractivity contribution is 0.405. The smallest absolute Gasteiger partial charge is 0.427 e. The molecule has 0 bridgehead atoms. The van der Waals surface area contributed by atoms with Gasteiger partial charge in [-0.3, -0.25) is 0 Å². The number of halogens is 2. The monoisotopic (exact) mass is 218 g/mol. The van der Waals surface area contributed by atoms with E-state index in [-0.39, 0.29) is 0 Å². The third-order valence-corrected chi connectivity index (χ3v) is 2.41. The molecule has 0 saturated heterocycles. The van der Waals surface area contributed by atoms with Crippen LogP contribution in [0, 0.1) is 0 Å². The standard InChI is InChI=1S/C8H9BCl2O2/c10-7-2-1-6(5-8(7)11)3-4-9(12)13/h1-2,5,12-13H,3-4H2. The highest BCUT2D eigenvalue weighted by Gasteiger charge is 2.07. The topological polar surface area (TPSA) is 40.5 Å². The van der Waals surface area contributed by atoms with Gasteiger partial charge >= 0.3 is 7.12 Å². The first-order valence-electron chi connectivity index (χ1n) is 3.89. The third-order valence-electron chi connectivity index (χ3n) is 1.68. The van der Waals surface area contributed by atoms with Gasteiger partial charge in [-0.25, -0.2) is 0 Å². The summed E-state index contributed by atoms with van der Waals surface area (Å²) in [5.74, 6) is 0. The predicted octanol–water partition coefficient (Wildman–Crippen LogP) is 2.01. The zero-order valence-electron chi connectivity index (χ0n) is 6.87. The maximum Gasteiger partial charge on any atom is 0.451 e. The van der Waals surface area contributed by atoms with E-state index in [2.05, 4.69) is 0 Å². The third kappa shape index (κ3) is 3.57. The lowest BCUT2D eigenvalue weighted by atomic mass is 9.83. The van der Waals surface area contributed by atoms with E-state index in [1.165, 1.54) is 0 Å².